The normalized spacial score (nSPS) is 19.1. The molecule has 1 aromatic carbocycles. The molecule has 0 bridgehead atoms. The van der Waals surface area contributed by atoms with Crippen molar-refractivity contribution >= 4 is 35.2 Å². The van der Waals surface area contributed by atoms with Crippen molar-refractivity contribution in [3.05, 3.63) is 42.0 Å². The van der Waals surface area contributed by atoms with E-state index < -0.39 is 11.8 Å². The van der Waals surface area contributed by atoms with Gasteiger partial charge < -0.3 is 9.47 Å². The molecule has 1 saturated heterocycles. The van der Waals surface area contributed by atoms with E-state index in [0.29, 0.717) is 30.3 Å². The van der Waals surface area contributed by atoms with E-state index in [9.17, 15) is 9.59 Å². The van der Waals surface area contributed by atoms with Crippen LogP contribution in [0.15, 0.2) is 36.4 Å². The molecule has 2 aliphatic heterocycles. The lowest BCUT2D eigenvalue weighted by Crippen LogP contribution is -2.53. The predicted octanol–water partition coefficient (Wildman–Crippen LogP) is 1.66. The van der Waals surface area contributed by atoms with Gasteiger partial charge >= 0.3 is 0 Å². The minimum Gasteiger partial charge on any atom is -0.490 e. The van der Waals surface area contributed by atoms with Gasteiger partial charge in [0.05, 0.1) is 13.2 Å². The van der Waals surface area contributed by atoms with E-state index in [2.05, 4.69) is 11.9 Å². The van der Waals surface area contributed by atoms with Crippen molar-refractivity contribution in [1.82, 2.24) is 10.2 Å². The summed E-state index contributed by atoms with van der Waals surface area (Å²) in [5.41, 5.74) is 0.684. The molecule has 2 heterocycles. The van der Waals surface area contributed by atoms with E-state index in [1.807, 2.05) is 0 Å². The molecule has 24 heavy (non-hydrogen) atoms. The Morgan fingerprint density at radius 3 is 2.75 bits per heavy atom. The molecule has 0 radical (unpaired) electrons. The molecular weight excluding hydrogens is 328 g/mol. The molecule has 1 fully saturated rings. The summed E-state index contributed by atoms with van der Waals surface area (Å²) in [5.74, 6) is 0.292. The van der Waals surface area contributed by atoms with Crippen molar-refractivity contribution in [3.63, 3.8) is 0 Å². The standard InChI is InChI=1S/C17H16N2O4S/c1-2-6-19-16(21)12(15(20)18-17(19)24)9-11-4-5-13-14(10-11)23-8-3-7-22-13/h2,4-5,9-10H,1,3,6-8H2,(H,18,20,24). The number of carbonyl (C=O) groups excluding carboxylic acids is 2. The number of carbonyl (C=O) groups is 2. The first-order valence-corrected chi connectivity index (χ1v) is 7.90. The maximum atomic E-state index is 12.5. The summed E-state index contributed by atoms with van der Waals surface area (Å²) in [4.78, 5) is 25.9. The van der Waals surface area contributed by atoms with Crippen LogP contribution in [-0.4, -0.2) is 41.6 Å². The van der Waals surface area contributed by atoms with Crippen LogP contribution in [-0.2, 0) is 9.59 Å². The van der Waals surface area contributed by atoms with Crippen LogP contribution in [0.3, 0.4) is 0 Å². The molecular formula is C17H16N2O4S. The Balaban J connectivity index is 1.93. The lowest BCUT2D eigenvalue weighted by Gasteiger charge is -2.27. The molecule has 1 N–H and O–H groups in total. The molecule has 2 aliphatic rings. The van der Waals surface area contributed by atoms with Crippen molar-refractivity contribution in [3.8, 4) is 11.5 Å². The average molecular weight is 344 g/mol. The van der Waals surface area contributed by atoms with Crippen LogP contribution in [0, 0.1) is 0 Å². The van der Waals surface area contributed by atoms with Crippen molar-refractivity contribution in [2.45, 2.75) is 6.42 Å². The Kier molecular flexibility index (Phi) is 4.61. The highest BCUT2D eigenvalue weighted by Crippen LogP contribution is 2.31. The number of amides is 2. The van der Waals surface area contributed by atoms with E-state index in [1.165, 1.54) is 11.0 Å². The molecule has 0 atom stereocenters. The molecule has 0 saturated carbocycles. The van der Waals surface area contributed by atoms with Gasteiger partial charge in [-0.1, -0.05) is 12.1 Å². The maximum Gasteiger partial charge on any atom is 0.265 e. The number of nitrogens with zero attached hydrogens (tertiary/aromatic N) is 1. The molecule has 124 valence electrons. The van der Waals surface area contributed by atoms with Gasteiger partial charge in [-0.05, 0) is 36.0 Å². The van der Waals surface area contributed by atoms with Crippen LogP contribution in [0.2, 0.25) is 0 Å². The van der Waals surface area contributed by atoms with Gasteiger partial charge in [-0.15, -0.1) is 6.58 Å². The third kappa shape index (κ3) is 3.16. The largest absolute Gasteiger partial charge is 0.490 e. The molecule has 0 aromatic heterocycles. The lowest BCUT2D eigenvalue weighted by molar-refractivity contribution is -0.128. The minimum absolute atomic E-state index is 0.0138. The van der Waals surface area contributed by atoms with Crippen LogP contribution in [0.5, 0.6) is 11.5 Å². The van der Waals surface area contributed by atoms with Crippen molar-refractivity contribution in [1.29, 1.82) is 0 Å². The zero-order chi connectivity index (χ0) is 17.1. The van der Waals surface area contributed by atoms with Gasteiger partial charge in [-0.3, -0.25) is 19.8 Å². The summed E-state index contributed by atoms with van der Waals surface area (Å²) in [6.45, 7) is 4.99. The van der Waals surface area contributed by atoms with Gasteiger partial charge in [0.2, 0.25) is 0 Å². The first-order valence-electron chi connectivity index (χ1n) is 7.49. The fraction of sp³-hybridized carbons (Fsp3) is 0.235. The second-order valence-corrected chi connectivity index (χ2v) is 5.67. The fourth-order valence-corrected chi connectivity index (χ4v) is 2.68. The van der Waals surface area contributed by atoms with Crippen LogP contribution < -0.4 is 14.8 Å². The van der Waals surface area contributed by atoms with Crippen LogP contribution >= 0.6 is 12.2 Å². The Hall–Kier alpha value is -2.67. The van der Waals surface area contributed by atoms with E-state index >= 15 is 0 Å². The third-order valence-corrected chi connectivity index (χ3v) is 3.90. The van der Waals surface area contributed by atoms with Crippen LogP contribution in [0.1, 0.15) is 12.0 Å². The number of ether oxygens (including phenoxy) is 2. The van der Waals surface area contributed by atoms with Crippen molar-refractivity contribution in [2.24, 2.45) is 0 Å². The van der Waals surface area contributed by atoms with Gasteiger partial charge in [0.25, 0.3) is 11.8 Å². The highest BCUT2D eigenvalue weighted by atomic mass is 32.1. The van der Waals surface area contributed by atoms with Gasteiger partial charge in [0.1, 0.15) is 5.57 Å². The minimum atomic E-state index is -0.516. The number of hydrogen-bond acceptors (Lipinski definition) is 5. The predicted molar refractivity (Wildman–Crippen MR) is 92.7 cm³/mol. The molecule has 0 aliphatic carbocycles. The highest BCUT2D eigenvalue weighted by Gasteiger charge is 2.32. The number of nitrogens with one attached hydrogen (secondary N) is 1. The van der Waals surface area contributed by atoms with Gasteiger partial charge in [-0.2, -0.15) is 0 Å². The SMILES string of the molecule is C=CCN1C(=O)C(=Cc2ccc3c(c2)OCCCO3)C(=O)NC1=S. The van der Waals surface area contributed by atoms with E-state index in [0.717, 1.165) is 6.42 Å². The molecule has 7 heteroatoms. The van der Waals surface area contributed by atoms with E-state index in [4.69, 9.17) is 21.7 Å². The molecule has 0 unspecified atom stereocenters. The fourth-order valence-electron chi connectivity index (χ4n) is 2.43. The topological polar surface area (TPSA) is 67.9 Å². The summed E-state index contributed by atoms with van der Waals surface area (Å²) in [6, 6.07) is 5.29. The van der Waals surface area contributed by atoms with Gasteiger partial charge in [0.15, 0.2) is 16.6 Å². The van der Waals surface area contributed by atoms with Crippen molar-refractivity contribution in [2.75, 3.05) is 19.8 Å². The van der Waals surface area contributed by atoms with Crippen LogP contribution in [0.4, 0.5) is 0 Å². The molecule has 1 aromatic rings. The van der Waals surface area contributed by atoms with E-state index in [-0.39, 0.29) is 17.2 Å². The maximum absolute atomic E-state index is 12.5. The molecule has 2 amide bonds. The Morgan fingerprint density at radius 1 is 1.25 bits per heavy atom. The summed E-state index contributed by atoms with van der Waals surface area (Å²) in [6.07, 6.45) is 3.87. The third-order valence-electron chi connectivity index (χ3n) is 3.58. The lowest BCUT2D eigenvalue weighted by atomic mass is 10.1. The monoisotopic (exact) mass is 344 g/mol. The summed E-state index contributed by atoms with van der Waals surface area (Å²) in [7, 11) is 0. The second kappa shape index (κ2) is 6.84. The zero-order valence-electron chi connectivity index (χ0n) is 12.9. The van der Waals surface area contributed by atoms with Gasteiger partial charge in [-0.25, -0.2) is 0 Å². The summed E-state index contributed by atoms with van der Waals surface area (Å²) in [5, 5.41) is 2.60. The highest BCUT2D eigenvalue weighted by molar-refractivity contribution is 7.80. The smallest absolute Gasteiger partial charge is 0.265 e. The molecule has 6 nitrogen and oxygen atoms in total. The Bertz CT molecular complexity index is 757. The number of hydrogen-bond donors (Lipinski definition) is 1. The number of benzene rings is 1. The Morgan fingerprint density at radius 2 is 2.00 bits per heavy atom. The summed E-state index contributed by atoms with van der Waals surface area (Å²) < 4.78 is 11.2. The number of rotatable bonds is 3. The Labute approximate surface area is 144 Å². The second-order valence-electron chi connectivity index (χ2n) is 5.28. The van der Waals surface area contributed by atoms with Crippen LogP contribution in [0.25, 0.3) is 6.08 Å². The van der Waals surface area contributed by atoms with E-state index in [1.54, 1.807) is 24.3 Å². The first kappa shape index (κ1) is 16.2. The first-order chi connectivity index (χ1) is 11.6. The number of fused-ring (bicyclic) bond motifs is 1. The zero-order valence-corrected chi connectivity index (χ0v) is 13.7. The van der Waals surface area contributed by atoms with Gasteiger partial charge in [0, 0.05) is 13.0 Å². The van der Waals surface area contributed by atoms with Crippen molar-refractivity contribution < 1.29 is 19.1 Å². The average Bonchev–Trinajstić information content (AvgIpc) is 2.80. The quantitative estimate of drug-likeness (QED) is 0.391. The number of thiocarbonyl (C=S) groups is 1. The molecule has 0 spiro atoms. The summed E-state index contributed by atoms with van der Waals surface area (Å²) >= 11 is 5.02. The molecule has 3 rings (SSSR count).